The van der Waals surface area contributed by atoms with Crippen molar-refractivity contribution in [3.05, 3.63) is 59.1 Å². The molecule has 0 aliphatic carbocycles. The number of methoxy groups -OCH3 is 1. The molecule has 1 aliphatic rings. The van der Waals surface area contributed by atoms with Gasteiger partial charge in [-0.05, 0) is 42.7 Å². The first-order valence-electron chi connectivity index (χ1n) is 10.2. The highest BCUT2D eigenvalue weighted by molar-refractivity contribution is 7.18. The van der Waals surface area contributed by atoms with E-state index in [1.165, 1.54) is 15.3 Å². The summed E-state index contributed by atoms with van der Waals surface area (Å²) in [6, 6.07) is 16.8. The summed E-state index contributed by atoms with van der Waals surface area (Å²) in [6.45, 7) is 2.95. The highest BCUT2D eigenvalue weighted by Gasteiger charge is 2.25. The van der Waals surface area contributed by atoms with Crippen LogP contribution in [0.1, 0.15) is 29.3 Å². The summed E-state index contributed by atoms with van der Waals surface area (Å²) in [5.41, 5.74) is 2.48. The molecule has 152 valence electrons. The molecule has 0 radical (unpaired) electrons. The van der Waals surface area contributed by atoms with Crippen molar-refractivity contribution in [3.63, 3.8) is 0 Å². The maximum Gasteiger partial charge on any atom is 0.193 e. The maximum atomic E-state index is 5.27. The predicted octanol–water partition coefficient (Wildman–Crippen LogP) is 4.30. The number of aliphatic imine (C=N–C) groups is 1. The highest BCUT2D eigenvalue weighted by Crippen LogP contribution is 2.28. The smallest absolute Gasteiger partial charge is 0.193 e. The first-order valence-corrected chi connectivity index (χ1v) is 11.0. The SMILES string of the molecule is CN=C(NCCCc1nc2ccccc2s1)N1CCC(c2ccc(OC)cc2)C1. The minimum Gasteiger partial charge on any atom is -0.497 e. The molecule has 0 spiro atoms. The van der Waals surface area contributed by atoms with Crippen LogP contribution in [0.25, 0.3) is 10.2 Å². The Hall–Kier alpha value is -2.60. The zero-order chi connectivity index (χ0) is 20.1. The molecule has 0 saturated carbocycles. The average Bonchev–Trinajstić information content (AvgIpc) is 3.41. The molecule has 0 bridgehead atoms. The minimum atomic E-state index is 0.544. The zero-order valence-electron chi connectivity index (χ0n) is 17.1. The monoisotopic (exact) mass is 408 g/mol. The van der Waals surface area contributed by atoms with Gasteiger partial charge in [-0.2, -0.15) is 0 Å². The number of aryl methyl sites for hydroxylation is 1. The molecular formula is C23H28N4OS. The number of nitrogens with one attached hydrogen (secondary N) is 1. The number of guanidine groups is 1. The second-order valence-corrected chi connectivity index (χ2v) is 8.47. The van der Waals surface area contributed by atoms with Gasteiger partial charge in [0.1, 0.15) is 5.75 Å². The van der Waals surface area contributed by atoms with Gasteiger partial charge >= 0.3 is 0 Å². The number of thiazole rings is 1. The summed E-state index contributed by atoms with van der Waals surface area (Å²) in [6.07, 6.45) is 3.20. The highest BCUT2D eigenvalue weighted by atomic mass is 32.1. The van der Waals surface area contributed by atoms with Crippen molar-refractivity contribution < 1.29 is 4.74 Å². The summed E-state index contributed by atoms with van der Waals surface area (Å²) in [7, 11) is 3.58. The standard InChI is InChI=1S/C23H28N4OS/c1-24-23(25-14-5-8-22-26-20-6-3-4-7-21(20)29-22)27-15-13-18(16-27)17-9-11-19(28-2)12-10-17/h3-4,6-7,9-12,18H,5,8,13-16H2,1-2H3,(H,24,25). The Balaban J connectivity index is 1.26. The number of nitrogens with zero attached hydrogens (tertiary/aromatic N) is 3. The number of likely N-dealkylation sites (tertiary alicyclic amines) is 1. The molecule has 1 unspecified atom stereocenters. The van der Waals surface area contributed by atoms with E-state index in [1.54, 1.807) is 18.4 Å². The third kappa shape index (κ3) is 4.70. The zero-order valence-corrected chi connectivity index (χ0v) is 17.9. The molecule has 29 heavy (non-hydrogen) atoms. The lowest BCUT2D eigenvalue weighted by Gasteiger charge is -2.21. The summed E-state index contributed by atoms with van der Waals surface area (Å²) in [5.74, 6) is 2.46. The van der Waals surface area contributed by atoms with Crippen LogP contribution in [0.3, 0.4) is 0 Å². The Kier molecular flexibility index (Phi) is 6.30. The first kappa shape index (κ1) is 19.7. The largest absolute Gasteiger partial charge is 0.497 e. The topological polar surface area (TPSA) is 49.8 Å². The Morgan fingerprint density at radius 1 is 1.24 bits per heavy atom. The van der Waals surface area contributed by atoms with Gasteiger partial charge in [0.2, 0.25) is 0 Å². The van der Waals surface area contributed by atoms with E-state index in [4.69, 9.17) is 9.72 Å². The Morgan fingerprint density at radius 3 is 2.83 bits per heavy atom. The van der Waals surface area contributed by atoms with E-state index in [9.17, 15) is 0 Å². The Bertz CT molecular complexity index is 933. The molecule has 3 aromatic rings. The molecule has 1 aliphatic heterocycles. The lowest BCUT2D eigenvalue weighted by atomic mass is 9.98. The fourth-order valence-electron chi connectivity index (χ4n) is 3.90. The molecule has 6 heteroatoms. The van der Waals surface area contributed by atoms with Gasteiger partial charge in [0.05, 0.1) is 22.3 Å². The van der Waals surface area contributed by atoms with Crippen LogP contribution in [0.5, 0.6) is 5.75 Å². The number of hydrogen-bond acceptors (Lipinski definition) is 4. The van der Waals surface area contributed by atoms with Crippen molar-refractivity contribution in [2.45, 2.75) is 25.2 Å². The van der Waals surface area contributed by atoms with E-state index < -0.39 is 0 Å². The van der Waals surface area contributed by atoms with Crippen molar-refractivity contribution in [2.75, 3.05) is 33.8 Å². The first-order chi connectivity index (χ1) is 14.3. The third-order valence-electron chi connectivity index (χ3n) is 5.48. The minimum absolute atomic E-state index is 0.544. The quantitative estimate of drug-likeness (QED) is 0.375. The molecule has 2 heterocycles. The molecule has 0 amide bonds. The summed E-state index contributed by atoms with van der Waals surface area (Å²) >= 11 is 1.80. The van der Waals surface area contributed by atoms with Gasteiger partial charge in [0.15, 0.2) is 5.96 Å². The second kappa shape index (κ2) is 9.27. The summed E-state index contributed by atoms with van der Waals surface area (Å²) < 4.78 is 6.54. The van der Waals surface area contributed by atoms with Gasteiger partial charge in [-0.15, -0.1) is 11.3 Å². The van der Waals surface area contributed by atoms with Gasteiger partial charge in [-0.25, -0.2) is 4.98 Å². The van der Waals surface area contributed by atoms with E-state index in [-0.39, 0.29) is 0 Å². The van der Waals surface area contributed by atoms with Crippen LogP contribution in [0.2, 0.25) is 0 Å². The fraction of sp³-hybridized carbons (Fsp3) is 0.391. The predicted molar refractivity (Wildman–Crippen MR) is 121 cm³/mol. The number of fused-ring (bicyclic) bond motifs is 1. The van der Waals surface area contributed by atoms with Gasteiger partial charge in [-0.1, -0.05) is 24.3 Å². The fourth-order valence-corrected chi connectivity index (χ4v) is 4.91. The van der Waals surface area contributed by atoms with E-state index >= 15 is 0 Å². The van der Waals surface area contributed by atoms with Crippen LogP contribution in [0.4, 0.5) is 0 Å². The van der Waals surface area contributed by atoms with Gasteiger partial charge in [-0.3, -0.25) is 4.99 Å². The number of para-hydroxylation sites is 1. The molecule has 1 saturated heterocycles. The second-order valence-electron chi connectivity index (χ2n) is 7.36. The normalized spacial score (nSPS) is 17.1. The van der Waals surface area contributed by atoms with Crippen LogP contribution in [0.15, 0.2) is 53.5 Å². The van der Waals surface area contributed by atoms with E-state index in [2.05, 4.69) is 45.5 Å². The van der Waals surface area contributed by atoms with Crippen LogP contribution in [0, 0.1) is 0 Å². The average molecular weight is 409 g/mol. The van der Waals surface area contributed by atoms with Crippen LogP contribution < -0.4 is 10.1 Å². The lowest BCUT2D eigenvalue weighted by Crippen LogP contribution is -2.40. The molecule has 2 aromatic carbocycles. The summed E-state index contributed by atoms with van der Waals surface area (Å²) in [4.78, 5) is 11.6. The molecule has 5 nitrogen and oxygen atoms in total. The lowest BCUT2D eigenvalue weighted by molar-refractivity contribution is 0.414. The molecular weight excluding hydrogens is 380 g/mol. The van der Waals surface area contributed by atoms with Crippen LogP contribution in [-0.4, -0.2) is 49.6 Å². The molecule has 1 N–H and O–H groups in total. The van der Waals surface area contributed by atoms with Crippen LogP contribution in [-0.2, 0) is 6.42 Å². The van der Waals surface area contributed by atoms with Gasteiger partial charge in [0.25, 0.3) is 0 Å². The Labute approximate surface area is 176 Å². The number of rotatable bonds is 6. The molecule has 4 rings (SSSR count). The molecule has 1 fully saturated rings. The van der Waals surface area contributed by atoms with E-state index in [0.717, 1.165) is 56.1 Å². The Morgan fingerprint density at radius 2 is 2.07 bits per heavy atom. The van der Waals surface area contributed by atoms with Gasteiger partial charge in [0, 0.05) is 39.0 Å². The molecule has 1 atom stereocenters. The van der Waals surface area contributed by atoms with Crippen molar-refractivity contribution in [1.82, 2.24) is 15.2 Å². The number of benzene rings is 2. The van der Waals surface area contributed by atoms with E-state index in [0.29, 0.717) is 5.92 Å². The van der Waals surface area contributed by atoms with Crippen molar-refractivity contribution in [3.8, 4) is 5.75 Å². The van der Waals surface area contributed by atoms with Crippen LogP contribution >= 0.6 is 11.3 Å². The molecule has 1 aromatic heterocycles. The van der Waals surface area contributed by atoms with Crippen molar-refractivity contribution >= 4 is 27.5 Å². The third-order valence-corrected chi connectivity index (χ3v) is 6.57. The van der Waals surface area contributed by atoms with E-state index in [1.807, 2.05) is 25.2 Å². The number of aromatic nitrogens is 1. The van der Waals surface area contributed by atoms with Crippen molar-refractivity contribution in [2.24, 2.45) is 4.99 Å². The van der Waals surface area contributed by atoms with Gasteiger partial charge < -0.3 is 15.0 Å². The summed E-state index contributed by atoms with van der Waals surface area (Å²) in [5, 5.41) is 4.75. The number of hydrogen-bond donors (Lipinski definition) is 1. The van der Waals surface area contributed by atoms with Crippen molar-refractivity contribution in [1.29, 1.82) is 0 Å². The maximum absolute atomic E-state index is 5.27. The number of ether oxygens (including phenoxy) is 1.